The molecule has 0 N–H and O–H groups in total. The molecule has 0 heteroatoms. The van der Waals surface area contributed by atoms with Crippen molar-refractivity contribution in [3.05, 3.63) is 37.5 Å². The van der Waals surface area contributed by atoms with Gasteiger partial charge in [-0.05, 0) is 0 Å². The van der Waals surface area contributed by atoms with Crippen molar-refractivity contribution in [3.63, 3.8) is 0 Å². The summed E-state index contributed by atoms with van der Waals surface area (Å²) in [4.78, 5) is 0. The Morgan fingerprint density at radius 3 is 0.833 bits per heavy atom. The molecule has 0 saturated heterocycles. The molecule has 0 atom stereocenters. The summed E-state index contributed by atoms with van der Waals surface area (Å²) in [5, 5.41) is 0. The zero-order valence-corrected chi connectivity index (χ0v) is 9.72. The molecule has 0 unspecified atom stereocenters. The van der Waals surface area contributed by atoms with Gasteiger partial charge in [-0.3, -0.25) is 0 Å². The fourth-order valence-electron chi connectivity index (χ4n) is 0.157. The fraction of sp³-hybridized carbons (Fsp3) is 0.500. The highest BCUT2D eigenvalue weighted by molar-refractivity contribution is 5.05. The van der Waals surface area contributed by atoms with E-state index in [0.29, 0.717) is 0 Å². The van der Waals surface area contributed by atoms with Crippen LogP contribution in [0.5, 0.6) is 0 Å². The van der Waals surface area contributed by atoms with Gasteiger partial charge in [-0.2, -0.15) is 0 Å². The van der Waals surface area contributed by atoms with Crippen molar-refractivity contribution in [1.82, 2.24) is 0 Å². The Labute approximate surface area is 79.7 Å². The Bertz CT molecular complexity index is 58.1. The molecule has 0 aromatic carbocycles. The van der Waals surface area contributed by atoms with Crippen LogP contribution in [0.4, 0.5) is 0 Å². The van der Waals surface area contributed by atoms with Crippen molar-refractivity contribution in [3.8, 4) is 0 Å². The molecule has 0 aromatic heterocycles. The predicted octanol–water partition coefficient (Wildman–Crippen LogP) is 4.99. The maximum atomic E-state index is 3.46. The van der Waals surface area contributed by atoms with Crippen molar-refractivity contribution in [2.75, 3.05) is 0 Å². The number of hydrogen-bond donors (Lipinski definition) is 0. The lowest BCUT2D eigenvalue weighted by molar-refractivity contribution is 1.50. The molecule has 0 aliphatic carbocycles. The largest absolute Gasteiger partial charge is 0.0991 e. The lowest BCUT2D eigenvalue weighted by atomic mass is 10.5. The van der Waals surface area contributed by atoms with E-state index in [4.69, 9.17) is 0 Å². The maximum absolute atomic E-state index is 3.46. The van der Waals surface area contributed by atoms with Crippen LogP contribution in [0.15, 0.2) is 37.5 Å². The zero-order valence-electron chi connectivity index (χ0n) is 9.72. The Hall–Kier alpha value is -0.780. The Balaban J connectivity index is -0.0000000453. The van der Waals surface area contributed by atoms with Gasteiger partial charge in [0.15, 0.2) is 0 Å². The third-order valence-corrected chi connectivity index (χ3v) is 0.383. The molecular weight excluding hydrogens is 144 g/mol. The van der Waals surface area contributed by atoms with E-state index in [9.17, 15) is 0 Å². The molecule has 0 aromatic rings. The molecule has 0 aliphatic heterocycles. The normalized spacial score (nSPS) is 5.83. The molecular formula is C12H26. The van der Waals surface area contributed by atoms with Gasteiger partial charge in [-0.1, -0.05) is 79.0 Å². The van der Waals surface area contributed by atoms with E-state index in [-0.39, 0.29) is 0 Å². The molecule has 0 fully saturated rings. The van der Waals surface area contributed by atoms with Gasteiger partial charge >= 0.3 is 0 Å². The zero-order chi connectivity index (χ0) is 10.8. The van der Waals surface area contributed by atoms with Crippen molar-refractivity contribution in [2.45, 2.75) is 41.5 Å². The molecule has 0 radical (unpaired) electrons. The van der Waals surface area contributed by atoms with Gasteiger partial charge in [0, 0.05) is 0 Å². The van der Waals surface area contributed by atoms with Crippen LogP contribution in [0.25, 0.3) is 0 Å². The van der Waals surface area contributed by atoms with E-state index in [0.717, 1.165) is 0 Å². The average molecular weight is 170 g/mol. The first-order valence-corrected chi connectivity index (χ1v) is 4.82. The van der Waals surface area contributed by atoms with Crippen molar-refractivity contribution >= 4 is 0 Å². The second-order valence-electron chi connectivity index (χ2n) is 0.856. The SMILES string of the molecule is C=C/C=C\C=C.CC.CC.CC. The van der Waals surface area contributed by atoms with E-state index in [2.05, 4.69) is 13.2 Å². The van der Waals surface area contributed by atoms with E-state index < -0.39 is 0 Å². The number of hydrogen-bond acceptors (Lipinski definition) is 0. The van der Waals surface area contributed by atoms with E-state index in [1.807, 2.05) is 53.7 Å². The average Bonchev–Trinajstić information content (AvgIpc) is 2.24. The fourth-order valence-corrected chi connectivity index (χ4v) is 0.157. The van der Waals surface area contributed by atoms with Crippen molar-refractivity contribution in [2.24, 2.45) is 0 Å². The molecule has 0 spiro atoms. The highest BCUT2D eigenvalue weighted by atomic mass is 13.5. The summed E-state index contributed by atoms with van der Waals surface area (Å²) in [7, 11) is 0. The smallest absolute Gasteiger partial charge is 0.0629 e. The maximum Gasteiger partial charge on any atom is -0.0629 e. The van der Waals surface area contributed by atoms with Gasteiger partial charge in [0.1, 0.15) is 0 Å². The summed E-state index contributed by atoms with van der Waals surface area (Å²) in [5.41, 5.74) is 0. The monoisotopic (exact) mass is 170 g/mol. The summed E-state index contributed by atoms with van der Waals surface area (Å²) in [6.45, 7) is 18.9. The minimum atomic E-state index is 1.71. The second-order valence-corrected chi connectivity index (χ2v) is 0.856. The van der Waals surface area contributed by atoms with Crippen LogP contribution in [0.1, 0.15) is 41.5 Å². The molecule has 0 heterocycles. The van der Waals surface area contributed by atoms with Gasteiger partial charge < -0.3 is 0 Å². The molecule has 12 heavy (non-hydrogen) atoms. The lowest BCUT2D eigenvalue weighted by Gasteiger charge is -1.60. The van der Waals surface area contributed by atoms with Gasteiger partial charge in [0.25, 0.3) is 0 Å². The molecule has 0 rings (SSSR count). The quantitative estimate of drug-likeness (QED) is 0.512. The minimum absolute atomic E-state index is 1.71. The molecule has 0 amide bonds. The molecule has 0 nitrogen and oxygen atoms in total. The van der Waals surface area contributed by atoms with Crippen LogP contribution in [-0.4, -0.2) is 0 Å². The summed E-state index contributed by atoms with van der Waals surface area (Å²) >= 11 is 0. The first-order chi connectivity index (χ1) is 5.91. The van der Waals surface area contributed by atoms with Crippen LogP contribution >= 0.6 is 0 Å². The summed E-state index contributed by atoms with van der Waals surface area (Å²) < 4.78 is 0. The first-order valence-electron chi connectivity index (χ1n) is 4.82. The molecule has 0 saturated carbocycles. The van der Waals surface area contributed by atoms with Crippen LogP contribution < -0.4 is 0 Å². The summed E-state index contributed by atoms with van der Waals surface area (Å²) in [6.07, 6.45) is 7.07. The van der Waals surface area contributed by atoms with E-state index in [1.165, 1.54) is 0 Å². The summed E-state index contributed by atoms with van der Waals surface area (Å²) in [6, 6.07) is 0. The van der Waals surface area contributed by atoms with Gasteiger partial charge in [0.2, 0.25) is 0 Å². The Morgan fingerprint density at radius 2 is 0.750 bits per heavy atom. The van der Waals surface area contributed by atoms with Crippen molar-refractivity contribution in [1.29, 1.82) is 0 Å². The highest BCUT2D eigenvalue weighted by Gasteiger charge is 1.47. The van der Waals surface area contributed by atoms with Crippen LogP contribution in [0, 0.1) is 0 Å². The second kappa shape index (κ2) is 83.8. The van der Waals surface area contributed by atoms with Gasteiger partial charge in [-0.15, -0.1) is 0 Å². The van der Waals surface area contributed by atoms with Gasteiger partial charge in [-0.25, -0.2) is 0 Å². The predicted molar refractivity (Wildman–Crippen MR) is 63.6 cm³/mol. The van der Waals surface area contributed by atoms with Crippen molar-refractivity contribution < 1.29 is 0 Å². The topological polar surface area (TPSA) is 0 Å². The van der Waals surface area contributed by atoms with Gasteiger partial charge in [0.05, 0.1) is 0 Å². The molecule has 0 aliphatic rings. The Morgan fingerprint density at radius 1 is 0.583 bits per heavy atom. The highest BCUT2D eigenvalue weighted by Crippen LogP contribution is 1.69. The third-order valence-electron chi connectivity index (χ3n) is 0.383. The third kappa shape index (κ3) is 126. The molecule has 74 valence electrons. The standard InChI is InChI=1S/C6H8.3C2H6/c1-3-5-6-4-2;3*1-2/h3-6H,1-2H2;3*1-2H3/b6-5-;;;. The van der Waals surface area contributed by atoms with Crippen LogP contribution in [-0.2, 0) is 0 Å². The number of rotatable bonds is 2. The van der Waals surface area contributed by atoms with Crippen LogP contribution in [0.3, 0.4) is 0 Å². The minimum Gasteiger partial charge on any atom is -0.0991 e. The first kappa shape index (κ1) is 22.5. The van der Waals surface area contributed by atoms with E-state index in [1.54, 1.807) is 12.2 Å². The van der Waals surface area contributed by atoms with Crippen LogP contribution in [0.2, 0.25) is 0 Å². The molecule has 0 bridgehead atoms. The number of allylic oxidation sites excluding steroid dienone is 4. The lowest BCUT2D eigenvalue weighted by Crippen LogP contribution is -1.38. The Kier molecular flexibility index (Phi) is 157. The van der Waals surface area contributed by atoms with E-state index >= 15 is 0 Å². The summed E-state index contributed by atoms with van der Waals surface area (Å²) in [5.74, 6) is 0.